The highest BCUT2D eigenvalue weighted by Crippen LogP contribution is 2.24. The molecular weight excluding hydrogens is 272 g/mol. The number of carboxylic acids is 1. The number of carboxylic acid groups (broad SMARTS) is 1. The predicted molar refractivity (Wildman–Crippen MR) is 68.5 cm³/mol. The SMILES string of the molecule is COCC(C)S(=O)(=O)c1ccc(OC)c(C(=O)O)c1. The second-order valence-electron chi connectivity index (χ2n) is 3.98. The summed E-state index contributed by atoms with van der Waals surface area (Å²) in [6.07, 6.45) is 0. The number of benzene rings is 1. The van der Waals surface area contributed by atoms with Crippen molar-refractivity contribution in [2.75, 3.05) is 20.8 Å². The van der Waals surface area contributed by atoms with E-state index in [4.69, 9.17) is 14.6 Å². The molecule has 106 valence electrons. The number of hydrogen-bond donors (Lipinski definition) is 1. The van der Waals surface area contributed by atoms with Gasteiger partial charge in [0.05, 0.1) is 23.9 Å². The van der Waals surface area contributed by atoms with Crippen molar-refractivity contribution in [1.82, 2.24) is 0 Å². The molecule has 0 amide bonds. The number of sulfone groups is 1. The van der Waals surface area contributed by atoms with Crippen LogP contribution in [0.4, 0.5) is 0 Å². The van der Waals surface area contributed by atoms with Crippen molar-refractivity contribution in [3.05, 3.63) is 23.8 Å². The van der Waals surface area contributed by atoms with E-state index >= 15 is 0 Å². The number of aromatic carboxylic acids is 1. The van der Waals surface area contributed by atoms with Gasteiger partial charge in [0, 0.05) is 7.11 Å². The van der Waals surface area contributed by atoms with Crippen molar-refractivity contribution in [3.63, 3.8) is 0 Å². The molecule has 0 saturated carbocycles. The number of methoxy groups -OCH3 is 2. The Morgan fingerprint density at radius 2 is 2.00 bits per heavy atom. The van der Waals surface area contributed by atoms with Gasteiger partial charge in [0.15, 0.2) is 9.84 Å². The van der Waals surface area contributed by atoms with Crippen molar-refractivity contribution < 1.29 is 27.8 Å². The van der Waals surface area contributed by atoms with Crippen LogP contribution in [0.5, 0.6) is 5.75 Å². The van der Waals surface area contributed by atoms with E-state index in [1.54, 1.807) is 0 Å². The molecule has 0 radical (unpaired) electrons. The Morgan fingerprint density at radius 1 is 1.37 bits per heavy atom. The molecule has 0 bridgehead atoms. The van der Waals surface area contributed by atoms with Crippen LogP contribution in [0.25, 0.3) is 0 Å². The van der Waals surface area contributed by atoms with Gasteiger partial charge < -0.3 is 14.6 Å². The van der Waals surface area contributed by atoms with E-state index < -0.39 is 21.1 Å². The number of carbonyl (C=O) groups is 1. The van der Waals surface area contributed by atoms with Crippen LogP contribution in [-0.4, -0.2) is 45.6 Å². The van der Waals surface area contributed by atoms with Gasteiger partial charge in [0.1, 0.15) is 11.3 Å². The molecule has 0 spiro atoms. The molecular formula is C12H16O6S. The standard InChI is InChI=1S/C12H16O6S/c1-8(7-17-2)19(15,16)9-4-5-11(18-3)10(6-9)12(13)14/h4-6,8H,7H2,1-3H3,(H,13,14). The first-order valence-corrected chi connectivity index (χ1v) is 7.03. The molecule has 0 saturated heterocycles. The van der Waals surface area contributed by atoms with Crippen molar-refractivity contribution in [2.45, 2.75) is 17.1 Å². The molecule has 0 fully saturated rings. The topological polar surface area (TPSA) is 89.9 Å². The Labute approximate surface area is 111 Å². The van der Waals surface area contributed by atoms with E-state index in [0.717, 1.165) is 6.07 Å². The summed E-state index contributed by atoms with van der Waals surface area (Å²) in [7, 11) is -0.898. The normalized spacial score (nSPS) is 13.0. The number of hydrogen-bond acceptors (Lipinski definition) is 5. The van der Waals surface area contributed by atoms with Crippen LogP contribution in [0.1, 0.15) is 17.3 Å². The van der Waals surface area contributed by atoms with Gasteiger partial charge in [0.25, 0.3) is 0 Å². The first kappa shape index (κ1) is 15.5. The van der Waals surface area contributed by atoms with Gasteiger partial charge in [-0.25, -0.2) is 13.2 Å². The van der Waals surface area contributed by atoms with E-state index in [2.05, 4.69) is 0 Å². The van der Waals surface area contributed by atoms with E-state index in [1.807, 2.05) is 0 Å². The fraction of sp³-hybridized carbons (Fsp3) is 0.417. The van der Waals surface area contributed by atoms with Gasteiger partial charge in [-0.3, -0.25) is 0 Å². The minimum atomic E-state index is -3.63. The highest BCUT2D eigenvalue weighted by Gasteiger charge is 2.25. The van der Waals surface area contributed by atoms with Gasteiger partial charge in [-0.1, -0.05) is 0 Å². The average Bonchev–Trinajstić information content (AvgIpc) is 2.38. The average molecular weight is 288 g/mol. The van der Waals surface area contributed by atoms with Gasteiger partial charge in [-0.05, 0) is 25.1 Å². The molecule has 1 aromatic carbocycles. The van der Waals surface area contributed by atoms with Crippen molar-refractivity contribution in [1.29, 1.82) is 0 Å². The maximum Gasteiger partial charge on any atom is 0.339 e. The summed E-state index contributed by atoms with van der Waals surface area (Å²) in [5.74, 6) is -1.13. The highest BCUT2D eigenvalue weighted by molar-refractivity contribution is 7.92. The smallest absolute Gasteiger partial charge is 0.339 e. The molecule has 0 aromatic heterocycles. The highest BCUT2D eigenvalue weighted by atomic mass is 32.2. The Balaban J connectivity index is 3.29. The predicted octanol–water partition coefficient (Wildman–Crippen LogP) is 1.20. The second kappa shape index (κ2) is 6.03. The van der Waals surface area contributed by atoms with Crippen LogP contribution in [0.2, 0.25) is 0 Å². The zero-order valence-corrected chi connectivity index (χ0v) is 11.7. The number of ether oxygens (including phenoxy) is 2. The van der Waals surface area contributed by atoms with Crippen molar-refractivity contribution in [3.8, 4) is 5.75 Å². The summed E-state index contributed by atoms with van der Waals surface area (Å²) in [4.78, 5) is 11.0. The van der Waals surface area contributed by atoms with Crippen LogP contribution >= 0.6 is 0 Å². The third kappa shape index (κ3) is 3.24. The van der Waals surface area contributed by atoms with Crippen LogP contribution in [-0.2, 0) is 14.6 Å². The molecule has 0 aliphatic heterocycles. The summed E-state index contributed by atoms with van der Waals surface area (Å²) in [5.41, 5.74) is -0.187. The van der Waals surface area contributed by atoms with Gasteiger partial charge in [-0.15, -0.1) is 0 Å². The van der Waals surface area contributed by atoms with Crippen LogP contribution in [0.3, 0.4) is 0 Å². The number of rotatable bonds is 6. The molecule has 0 heterocycles. The molecule has 1 N–H and O–H groups in total. The van der Waals surface area contributed by atoms with Gasteiger partial charge in [-0.2, -0.15) is 0 Å². The lowest BCUT2D eigenvalue weighted by atomic mass is 10.2. The van der Waals surface area contributed by atoms with Crippen molar-refractivity contribution in [2.24, 2.45) is 0 Å². The molecule has 6 nitrogen and oxygen atoms in total. The summed E-state index contributed by atoms with van der Waals surface area (Å²) >= 11 is 0. The lowest BCUT2D eigenvalue weighted by Crippen LogP contribution is -2.23. The summed E-state index contributed by atoms with van der Waals surface area (Å²) in [6.45, 7) is 1.54. The van der Waals surface area contributed by atoms with E-state index in [9.17, 15) is 13.2 Å². The molecule has 0 aliphatic rings. The zero-order chi connectivity index (χ0) is 14.6. The first-order valence-electron chi connectivity index (χ1n) is 5.48. The van der Waals surface area contributed by atoms with E-state index in [1.165, 1.54) is 33.3 Å². The minimum absolute atomic E-state index is 0.0385. The fourth-order valence-corrected chi connectivity index (χ4v) is 2.91. The maximum absolute atomic E-state index is 12.2. The second-order valence-corrected chi connectivity index (χ2v) is 6.34. The van der Waals surface area contributed by atoms with Crippen LogP contribution in [0, 0.1) is 0 Å². The third-order valence-corrected chi connectivity index (χ3v) is 4.77. The Kier molecular flexibility index (Phi) is 4.90. The zero-order valence-electron chi connectivity index (χ0n) is 10.9. The third-order valence-electron chi connectivity index (χ3n) is 2.66. The van der Waals surface area contributed by atoms with Crippen molar-refractivity contribution >= 4 is 15.8 Å². The lowest BCUT2D eigenvalue weighted by Gasteiger charge is -2.13. The Morgan fingerprint density at radius 3 is 2.47 bits per heavy atom. The lowest BCUT2D eigenvalue weighted by molar-refractivity contribution is 0.0693. The fourth-order valence-electron chi connectivity index (χ4n) is 1.59. The van der Waals surface area contributed by atoms with Gasteiger partial charge >= 0.3 is 5.97 Å². The molecule has 7 heteroatoms. The quantitative estimate of drug-likeness (QED) is 0.846. The summed E-state index contributed by atoms with van der Waals surface area (Å²) < 4.78 is 34.1. The monoisotopic (exact) mass is 288 g/mol. The molecule has 1 unspecified atom stereocenters. The Bertz CT molecular complexity index is 564. The molecule has 1 atom stereocenters. The van der Waals surface area contributed by atoms with Crippen LogP contribution in [0.15, 0.2) is 23.1 Å². The molecule has 1 aromatic rings. The molecule has 1 rings (SSSR count). The summed E-state index contributed by atoms with van der Waals surface area (Å²) in [6, 6.07) is 3.76. The summed E-state index contributed by atoms with van der Waals surface area (Å²) in [5, 5.41) is 8.27. The Hall–Kier alpha value is -1.60. The van der Waals surface area contributed by atoms with Gasteiger partial charge in [0.2, 0.25) is 0 Å². The first-order chi connectivity index (χ1) is 8.84. The maximum atomic E-state index is 12.2. The van der Waals surface area contributed by atoms with Crippen LogP contribution < -0.4 is 4.74 Å². The van der Waals surface area contributed by atoms with E-state index in [-0.39, 0.29) is 22.8 Å². The molecule has 0 aliphatic carbocycles. The largest absolute Gasteiger partial charge is 0.496 e. The minimum Gasteiger partial charge on any atom is -0.496 e. The van der Waals surface area contributed by atoms with E-state index in [0.29, 0.717) is 0 Å². The molecule has 19 heavy (non-hydrogen) atoms.